The molecule has 4 fully saturated rings. The summed E-state index contributed by atoms with van der Waals surface area (Å²) in [6, 6.07) is 0. The van der Waals surface area contributed by atoms with Crippen LogP contribution in [-0.2, 0) is 20.8 Å². The van der Waals surface area contributed by atoms with E-state index >= 15 is 0 Å². The van der Waals surface area contributed by atoms with Crippen molar-refractivity contribution in [2.45, 2.75) is 80.1 Å². The van der Waals surface area contributed by atoms with Gasteiger partial charge in [0.1, 0.15) is 0 Å². The van der Waals surface area contributed by atoms with E-state index in [1.165, 1.54) is 62.2 Å². The molecule has 6 atom stereocenters. The molecule has 0 N–H and O–H groups in total. The van der Waals surface area contributed by atoms with Crippen LogP contribution >= 0.6 is 17.0 Å². The molecule has 6 aliphatic rings. The van der Waals surface area contributed by atoms with E-state index in [0.29, 0.717) is 0 Å². The normalized spacial score (nSPS) is 34.7. The van der Waals surface area contributed by atoms with E-state index in [1.807, 2.05) is 0 Å². The Kier molecular flexibility index (Phi) is 13.9. The summed E-state index contributed by atoms with van der Waals surface area (Å²) >= 11 is -0.826. The van der Waals surface area contributed by atoms with E-state index in [1.54, 1.807) is 11.8 Å². The SMILES string of the molecule is CC(C)[C@@H]1CC[C@@H](C)C[C@@H]1[C]1[CH][CH][C]2C=CC=C[C]21.CC(C)[C@H]1CC[C@H](C)C[C@H]1[C]1[CH][CH][C]2C=CC=C[C]21.[Cl][Zr+2][Cl]. The molecule has 4 saturated carbocycles. The molecule has 0 aromatic rings. The van der Waals surface area contributed by atoms with Gasteiger partial charge in [0.05, 0.1) is 0 Å². The van der Waals surface area contributed by atoms with Crippen LogP contribution in [0.2, 0.25) is 0 Å². The Morgan fingerprint density at radius 1 is 0.585 bits per heavy atom. The number of allylic oxidation sites excluding steroid dienone is 8. The van der Waals surface area contributed by atoms with Crippen molar-refractivity contribution in [3.63, 3.8) is 0 Å². The molecule has 6 rings (SSSR count). The molecule has 0 bridgehead atoms. The van der Waals surface area contributed by atoms with E-state index in [4.69, 9.17) is 17.0 Å². The minimum atomic E-state index is -0.826. The third-order valence-electron chi connectivity index (χ3n) is 10.3. The topological polar surface area (TPSA) is 0 Å². The van der Waals surface area contributed by atoms with Crippen molar-refractivity contribution in [2.75, 3.05) is 0 Å². The molecule has 3 heteroatoms. The zero-order valence-corrected chi connectivity index (χ0v) is 30.0. The number of hydrogen-bond donors (Lipinski definition) is 0. The summed E-state index contributed by atoms with van der Waals surface area (Å²) in [5, 5.41) is 0. The van der Waals surface area contributed by atoms with Crippen LogP contribution < -0.4 is 0 Å². The maximum atomic E-state index is 4.93. The summed E-state index contributed by atoms with van der Waals surface area (Å²) in [5.74, 6) is 15.7. The predicted molar refractivity (Wildman–Crippen MR) is 175 cm³/mol. The molecule has 0 aliphatic heterocycles. The zero-order valence-electron chi connectivity index (χ0n) is 26.0. The minimum absolute atomic E-state index is 0.767. The van der Waals surface area contributed by atoms with Crippen molar-refractivity contribution in [3.8, 4) is 0 Å². The van der Waals surface area contributed by atoms with E-state index in [0.717, 1.165) is 47.3 Å². The number of rotatable bonds is 4. The van der Waals surface area contributed by atoms with Crippen LogP contribution in [0.3, 0.4) is 0 Å². The first kappa shape index (κ1) is 34.3. The first-order chi connectivity index (χ1) is 19.7. The summed E-state index contributed by atoms with van der Waals surface area (Å²) in [6.07, 6.45) is 35.5. The standard InChI is InChI=1S/2C19H25.2ClH.Zr/c2*1-13(2)16-10-8-14(3)12-19(16)18-11-9-15-6-4-5-7-17(15)18;;;/h2*4-7,9,11,13-14,16,19H,8,10,12H2,1-3H3;2*1H;/q;;;;+4/p-2/t2*14-,16+,19+;;;/m10.../s1. The molecule has 41 heavy (non-hydrogen) atoms. The molecule has 0 nitrogen and oxygen atoms in total. The van der Waals surface area contributed by atoms with Crippen LogP contribution in [0.1, 0.15) is 80.1 Å². The van der Waals surface area contributed by atoms with Gasteiger partial charge in [-0.3, -0.25) is 0 Å². The Balaban J connectivity index is 0.000000173. The molecule has 0 saturated heterocycles. The molecule has 0 aromatic carbocycles. The monoisotopic (exact) mass is 666 g/mol. The van der Waals surface area contributed by atoms with Gasteiger partial charge in [-0.1, -0.05) is 103 Å². The van der Waals surface area contributed by atoms with Gasteiger partial charge in [0.2, 0.25) is 0 Å². The van der Waals surface area contributed by atoms with Crippen molar-refractivity contribution in [2.24, 2.45) is 47.3 Å². The van der Waals surface area contributed by atoms with Gasteiger partial charge in [-0.15, -0.1) is 0 Å². The van der Waals surface area contributed by atoms with E-state index in [-0.39, 0.29) is 0 Å². The predicted octanol–water partition coefficient (Wildman–Crippen LogP) is 11.3. The van der Waals surface area contributed by atoms with Crippen molar-refractivity contribution in [1.29, 1.82) is 0 Å². The van der Waals surface area contributed by atoms with Crippen molar-refractivity contribution in [1.82, 2.24) is 0 Å². The van der Waals surface area contributed by atoms with E-state index < -0.39 is 20.8 Å². The quantitative estimate of drug-likeness (QED) is 0.280. The second-order valence-corrected chi connectivity index (χ2v) is 17.4. The van der Waals surface area contributed by atoms with Gasteiger partial charge in [0, 0.05) is 23.7 Å². The second kappa shape index (κ2) is 16.7. The van der Waals surface area contributed by atoms with Crippen LogP contribution in [0.5, 0.6) is 0 Å². The van der Waals surface area contributed by atoms with Gasteiger partial charge < -0.3 is 0 Å². The molecule has 0 heterocycles. The van der Waals surface area contributed by atoms with Gasteiger partial charge in [-0.25, -0.2) is 0 Å². The summed E-state index contributed by atoms with van der Waals surface area (Å²) in [6.45, 7) is 14.5. The average Bonchev–Trinajstić information content (AvgIpc) is 3.58. The van der Waals surface area contributed by atoms with Crippen LogP contribution in [0.4, 0.5) is 0 Å². The fourth-order valence-electron chi connectivity index (χ4n) is 8.12. The third kappa shape index (κ3) is 8.78. The summed E-state index contributed by atoms with van der Waals surface area (Å²) in [5.41, 5.74) is 0. The Morgan fingerprint density at radius 3 is 1.32 bits per heavy atom. The Hall–Kier alpha value is 0.423. The van der Waals surface area contributed by atoms with Crippen LogP contribution in [0.15, 0.2) is 48.6 Å². The molecule has 218 valence electrons. The van der Waals surface area contributed by atoms with E-state index in [9.17, 15) is 0 Å². The second-order valence-electron chi connectivity index (χ2n) is 13.7. The molecule has 0 spiro atoms. The first-order valence-electron chi connectivity index (χ1n) is 16.0. The Morgan fingerprint density at radius 2 is 0.951 bits per heavy atom. The average molecular weight is 669 g/mol. The molecule has 10 radical (unpaired) electrons. The third-order valence-corrected chi connectivity index (χ3v) is 10.3. The van der Waals surface area contributed by atoms with Crippen LogP contribution in [-0.4, -0.2) is 0 Å². The molecule has 0 unspecified atom stereocenters. The van der Waals surface area contributed by atoms with Gasteiger partial charge in [0.25, 0.3) is 0 Å². The van der Waals surface area contributed by atoms with Crippen LogP contribution in [0.25, 0.3) is 0 Å². The summed E-state index contributed by atoms with van der Waals surface area (Å²) < 4.78 is 0. The molecular formula is C38H50Cl2Zr+2. The zero-order chi connectivity index (χ0) is 29.5. The first-order valence-corrected chi connectivity index (χ1v) is 22.3. The van der Waals surface area contributed by atoms with Crippen LogP contribution in [0, 0.1) is 109 Å². The Bertz CT molecular complexity index is 830. The summed E-state index contributed by atoms with van der Waals surface area (Å²) in [4.78, 5) is 0. The number of hydrogen-bond acceptors (Lipinski definition) is 0. The molecule has 6 aliphatic carbocycles. The van der Waals surface area contributed by atoms with E-state index in [2.05, 4.69) is 116 Å². The Labute approximate surface area is 273 Å². The van der Waals surface area contributed by atoms with Gasteiger partial charge >= 0.3 is 37.9 Å². The summed E-state index contributed by atoms with van der Waals surface area (Å²) in [7, 11) is 9.87. The number of halogens is 2. The molecule has 0 aromatic heterocycles. The number of fused-ring (bicyclic) bond motifs is 2. The van der Waals surface area contributed by atoms with Gasteiger partial charge in [-0.05, 0) is 111 Å². The van der Waals surface area contributed by atoms with Crippen molar-refractivity contribution < 1.29 is 20.8 Å². The maximum absolute atomic E-state index is 4.93. The van der Waals surface area contributed by atoms with Crippen molar-refractivity contribution >= 4 is 17.0 Å². The van der Waals surface area contributed by atoms with Crippen molar-refractivity contribution in [3.05, 3.63) is 110 Å². The fourth-order valence-corrected chi connectivity index (χ4v) is 8.12. The van der Waals surface area contributed by atoms with Gasteiger partial charge in [0.15, 0.2) is 0 Å². The molecule has 0 amide bonds. The van der Waals surface area contributed by atoms with Gasteiger partial charge in [-0.2, -0.15) is 0 Å². The molecular weight excluding hydrogens is 619 g/mol. The fraction of sp³-hybridized carbons (Fsp3) is 0.526.